The summed E-state index contributed by atoms with van der Waals surface area (Å²) in [5, 5.41) is 5.94. The lowest BCUT2D eigenvalue weighted by atomic mass is 10.1. The highest BCUT2D eigenvalue weighted by Crippen LogP contribution is 2.17. The van der Waals surface area contributed by atoms with Crippen LogP contribution in [0.2, 0.25) is 0 Å². The van der Waals surface area contributed by atoms with Gasteiger partial charge in [-0.3, -0.25) is 4.79 Å². The van der Waals surface area contributed by atoms with Gasteiger partial charge in [0.05, 0.1) is 0 Å². The van der Waals surface area contributed by atoms with Crippen molar-refractivity contribution in [2.75, 3.05) is 5.32 Å². The summed E-state index contributed by atoms with van der Waals surface area (Å²) in [6.07, 6.45) is 1.58. The average Bonchev–Trinajstić information content (AvgIpc) is 2.37. The van der Waals surface area contributed by atoms with Gasteiger partial charge in [-0.05, 0) is 57.0 Å². The van der Waals surface area contributed by atoms with Gasteiger partial charge in [0.25, 0.3) is 5.91 Å². The van der Waals surface area contributed by atoms with Gasteiger partial charge >= 0.3 is 0 Å². The zero-order valence-corrected chi connectivity index (χ0v) is 12.8. The second kappa shape index (κ2) is 6.35. The molecule has 0 unspecified atom stereocenters. The molecule has 1 amide bonds. The third kappa shape index (κ3) is 4.27. The van der Waals surface area contributed by atoms with Crippen LogP contribution < -0.4 is 10.6 Å². The minimum absolute atomic E-state index is 0.0725. The minimum atomic E-state index is -0.198. The number of carbonyl (C=O) groups excluding carboxylic acids is 1. The zero-order chi connectivity index (χ0) is 15.4. The molecule has 5 heteroatoms. The Balaban J connectivity index is 2.19. The van der Waals surface area contributed by atoms with E-state index in [-0.39, 0.29) is 11.9 Å². The van der Waals surface area contributed by atoms with E-state index in [2.05, 4.69) is 26.7 Å². The number of amides is 1. The largest absolute Gasteiger partial charge is 0.349 e. The lowest BCUT2D eigenvalue weighted by Crippen LogP contribution is -2.30. The lowest BCUT2D eigenvalue weighted by Gasteiger charge is -2.10. The first-order valence-electron chi connectivity index (χ1n) is 6.93. The van der Waals surface area contributed by atoms with Gasteiger partial charge in [0.2, 0.25) is 5.95 Å². The van der Waals surface area contributed by atoms with Crippen molar-refractivity contribution in [3.63, 3.8) is 0 Å². The van der Waals surface area contributed by atoms with E-state index >= 15 is 0 Å². The van der Waals surface area contributed by atoms with Crippen molar-refractivity contribution in [1.29, 1.82) is 0 Å². The van der Waals surface area contributed by atoms with Gasteiger partial charge in [0.15, 0.2) is 0 Å². The molecule has 0 radical (unpaired) electrons. The Morgan fingerprint density at radius 1 is 1.14 bits per heavy atom. The molecule has 0 saturated carbocycles. The Labute approximate surface area is 124 Å². The average molecular weight is 284 g/mol. The SMILES string of the molecule is Cc1cc(C)cc(Nc2nccc(C(=O)NC(C)C)n2)c1. The fourth-order valence-corrected chi connectivity index (χ4v) is 2.06. The van der Waals surface area contributed by atoms with Crippen LogP contribution in [0.25, 0.3) is 0 Å². The molecule has 0 spiro atoms. The number of hydrogen-bond donors (Lipinski definition) is 2. The van der Waals surface area contributed by atoms with Crippen LogP contribution in [0.1, 0.15) is 35.5 Å². The van der Waals surface area contributed by atoms with Gasteiger partial charge in [-0.2, -0.15) is 0 Å². The van der Waals surface area contributed by atoms with E-state index in [0.29, 0.717) is 11.6 Å². The van der Waals surface area contributed by atoms with Crippen molar-refractivity contribution in [3.8, 4) is 0 Å². The summed E-state index contributed by atoms with van der Waals surface area (Å²) in [7, 11) is 0. The first kappa shape index (κ1) is 15.0. The first-order chi connectivity index (χ1) is 9.94. The van der Waals surface area contributed by atoms with Crippen LogP contribution in [0.15, 0.2) is 30.5 Å². The van der Waals surface area contributed by atoms with E-state index in [1.54, 1.807) is 12.3 Å². The molecule has 0 aliphatic heterocycles. The number of hydrogen-bond acceptors (Lipinski definition) is 4. The number of nitrogens with zero attached hydrogens (tertiary/aromatic N) is 2. The van der Waals surface area contributed by atoms with E-state index in [1.165, 1.54) is 0 Å². The Morgan fingerprint density at radius 2 is 1.81 bits per heavy atom. The molecule has 5 nitrogen and oxygen atoms in total. The van der Waals surface area contributed by atoms with Gasteiger partial charge in [0.1, 0.15) is 5.69 Å². The number of anilines is 2. The minimum Gasteiger partial charge on any atom is -0.349 e. The molecule has 0 saturated heterocycles. The molecule has 2 rings (SSSR count). The number of carbonyl (C=O) groups is 1. The third-order valence-corrected chi connectivity index (χ3v) is 2.79. The molecule has 0 aliphatic carbocycles. The van der Waals surface area contributed by atoms with Crippen molar-refractivity contribution >= 4 is 17.5 Å². The standard InChI is InChI=1S/C16H20N4O/c1-10(2)18-15(21)14-5-6-17-16(20-14)19-13-8-11(3)7-12(4)9-13/h5-10H,1-4H3,(H,18,21)(H,17,19,20). The van der Waals surface area contributed by atoms with E-state index in [9.17, 15) is 4.79 Å². The van der Waals surface area contributed by atoms with E-state index in [0.717, 1.165) is 16.8 Å². The maximum absolute atomic E-state index is 11.9. The molecular weight excluding hydrogens is 264 g/mol. The fourth-order valence-electron chi connectivity index (χ4n) is 2.06. The Morgan fingerprint density at radius 3 is 2.43 bits per heavy atom. The summed E-state index contributed by atoms with van der Waals surface area (Å²) in [5.41, 5.74) is 3.58. The topological polar surface area (TPSA) is 66.9 Å². The Kier molecular flexibility index (Phi) is 4.52. The molecule has 0 atom stereocenters. The van der Waals surface area contributed by atoms with Gasteiger partial charge in [-0.25, -0.2) is 9.97 Å². The van der Waals surface area contributed by atoms with Gasteiger partial charge in [-0.1, -0.05) is 6.07 Å². The monoisotopic (exact) mass is 284 g/mol. The van der Waals surface area contributed by atoms with E-state index in [1.807, 2.05) is 39.8 Å². The quantitative estimate of drug-likeness (QED) is 0.905. The van der Waals surface area contributed by atoms with Crippen molar-refractivity contribution in [3.05, 3.63) is 47.3 Å². The molecular formula is C16H20N4O. The second-order valence-corrected chi connectivity index (χ2v) is 5.40. The van der Waals surface area contributed by atoms with Crippen LogP contribution in [0.5, 0.6) is 0 Å². The van der Waals surface area contributed by atoms with Gasteiger partial charge in [0, 0.05) is 17.9 Å². The molecule has 1 aromatic heterocycles. The summed E-state index contributed by atoms with van der Waals surface area (Å²) in [4.78, 5) is 20.3. The highest BCUT2D eigenvalue weighted by Gasteiger charge is 2.10. The third-order valence-electron chi connectivity index (χ3n) is 2.79. The fraction of sp³-hybridized carbons (Fsp3) is 0.312. The molecule has 21 heavy (non-hydrogen) atoms. The summed E-state index contributed by atoms with van der Waals surface area (Å²) in [6.45, 7) is 7.89. The summed E-state index contributed by atoms with van der Waals surface area (Å²) in [5.74, 6) is 0.215. The summed E-state index contributed by atoms with van der Waals surface area (Å²) in [6, 6.07) is 7.79. The normalized spacial score (nSPS) is 10.5. The Hall–Kier alpha value is -2.43. The Bertz CT molecular complexity index is 632. The predicted octanol–water partition coefficient (Wildman–Crippen LogP) is 2.98. The molecule has 1 heterocycles. The zero-order valence-electron chi connectivity index (χ0n) is 12.8. The smallest absolute Gasteiger partial charge is 0.270 e. The van der Waals surface area contributed by atoms with E-state index in [4.69, 9.17) is 0 Å². The van der Waals surface area contributed by atoms with E-state index < -0.39 is 0 Å². The maximum atomic E-state index is 11.9. The number of rotatable bonds is 4. The van der Waals surface area contributed by atoms with Crippen molar-refractivity contribution in [1.82, 2.24) is 15.3 Å². The van der Waals surface area contributed by atoms with Crippen LogP contribution in [0.3, 0.4) is 0 Å². The van der Waals surface area contributed by atoms with Crippen LogP contribution in [0.4, 0.5) is 11.6 Å². The lowest BCUT2D eigenvalue weighted by molar-refractivity contribution is 0.0938. The molecule has 0 bridgehead atoms. The van der Waals surface area contributed by atoms with Crippen molar-refractivity contribution in [2.45, 2.75) is 33.7 Å². The highest BCUT2D eigenvalue weighted by atomic mass is 16.1. The molecule has 2 aromatic rings. The predicted molar refractivity (Wildman–Crippen MR) is 83.8 cm³/mol. The summed E-state index contributed by atoms with van der Waals surface area (Å²) >= 11 is 0. The number of aromatic nitrogens is 2. The van der Waals surface area contributed by atoms with Crippen molar-refractivity contribution < 1.29 is 4.79 Å². The second-order valence-electron chi connectivity index (χ2n) is 5.40. The van der Waals surface area contributed by atoms with Gasteiger partial charge in [-0.15, -0.1) is 0 Å². The molecule has 110 valence electrons. The first-order valence-corrected chi connectivity index (χ1v) is 6.93. The number of aryl methyl sites for hydroxylation is 2. The molecule has 1 aromatic carbocycles. The van der Waals surface area contributed by atoms with Crippen LogP contribution in [-0.2, 0) is 0 Å². The van der Waals surface area contributed by atoms with Crippen LogP contribution >= 0.6 is 0 Å². The van der Waals surface area contributed by atoms with Gasteiger partial charge < -0.3 is 10.6 Å². The highest BCUT2D eigenvalue weighted by molar-refractivity contribution is 5.92. The summed E-state index contributed by atoms with van der Waals surface area (Å²) < 4.78 is 0. The maximum Gasteiger partial charge on any atom is 0.270 e. The van der Waals surface area contributed by atoms with Crippen LogP contribution in [0, 0.1) is 13.8 Å². The van der Waals surface area contributed by atoms with Crippen LogP contribution in [-0.4, -0.2) is 21.9 Å². The van der Waals surface area contributed by atoms with Crippen molar-refractivity contribution in [2.24, 2.45) is 0 Å². The molecule has 2 N–H and O–H groups in total. The molecule has 0 aliphatic rings. The number of benzene rings is 1. The molecule has 0 fully saturated rings. The number of nitrogens with one attached hydrogen (secondary N) is 2.